The van der Waals surface area contributed by atoms with Crippen LogP contribution < -0.4 is 5.32 Å². The molecule has 0 radical (unpaired) electrons. The molecule has 0 aromatic heterocycles. The highest BCUT2D eigenvalue weighted by molar-refractivity contribution is 5.87. The number of rotatable bonds is 5. The number of carbonyl (C=O) groups is 2. The number of benzene rings is 1. The minimum atomic E-state index is -1.06. The first kappa shape index (κ1) is 16.2. The van der Waals surface area contributed by atoms with Crippen LogP contribution in [0.25, 0.3) is 0 Å². The molecule has 1 rings (SSSR count). The topological polar surface area (TPSA) is 75.6 Å². The summed E-state index contributed by atoms with van der Waals surface area (Å²) in [5, 5.41) is 11.8. The summed E-state index contributed by atoms with van der Waals surface area (Å²) in [5.41, 5.74) is 0.0989. The van der Waals surface area contributed by atoms with Gasteiger partial charge in [-0.05, 0) is 11.0 Å². The van der Waals surface area contributed by atoms with E-state index >= 15 is 0 Å². The number of methoxy groups -OCH3 is 1. The molecule has 2 unspecified atom stereocenters. The Hall–Kier alpha value is -1.88. The first-order chi connectivity index (χ1) is 9.27. The molecule has 110 valence electrons. The van der Waals surface area contributed by atoms with Crippen molar-refractivity contribution in [3.63, 3.8) is 0 Å². The van der Waals surface area contributed by atoms with Crippen molar-refractivity contribution in [3.05, 3.63) is 35.9 Å². The number of aliphatic carboxylic acids is 1. The molecular weight excluding hydrogens is 258 g/mol. The highest BCUT2D eigenvalue weighted by atomic mass is 16.5. The van der Waals surface area contributed by atoms with E-state index in [9.17, 15) is 14.7 Å². The van der Waals surface area contributed by atoms with Gasteiger partial charge in [-0.2, -0.15) is 0 Å². The van der Waals surface area contributed by atoms with Crippen LogP contribution in [0.3, 0.4) is 0 Å². The maximum atomic E-state index is 12.2. The molecule has 0 bridgehead atoms. The molecule has 2 N–H and O–H groups in total. The third-order valence-corrected chi connectivity index (χ3v) is 2.98. The summed E-state index contributed by atoms with van der Waals surface area (Å²) in [7, 11) is 1.42. The van der Waals surface area contributed by atoms with E-state index in [0.29, 0.717) is 5.56 Å². The van der Waals surface area contributed by atoms with Gasteiger partial charge in [-0.1, -0.05) is 51.1 Å². The van der Waals surface area contributed by atoms with Crippen LogP contribution in [0.1, 0.15) is 32.4 Å². The molecular formula is C15H21NO4. The largest absolute Gasteiger partial charge is 0.480 e. The van der Waals surface area contributed by atoms with Crippen LogP contribution >= 0.6 is 0 Å². The standard InChI is InChI=1S/C15H21NO4/c1-15(2,3)12(14(18)19)16-13(17)11(20-4)10-8-6-5-7-9-10/h5-9,11-12H,1-4H3,(H,16,17)(H,18,19). The number of hydrogen-bond acceptors (Lipinski definition) is 3. The van der Waals surface area contributed by atoms with Gasteiger partial charge in [-0.25, -0.2) is 4.79 Å². The van der Waals surface area contributed by atoms with Crippen LogP contribution in [-0.2, 0) is 14.3 Å². The molecule has 0 spiro atoms. The Labute approximate surface area is 118 Å². The van der Waals surface area contributed by atoms with Crippen LogP contribution in [-0.4, -0.2) is 30.1 Å². The summed E-state index contributed by atoms with van der Waals surface area (Å²) < 4.78 is 5.19. The van der Waals surface area contributed by atoms with Gasteiger partial charge in [-0.15, -0.1) is 0 Å². The first-order valence-corrected chi connectivity index (χ1v) is 6.38. The molecule has 0 fully saturated rings. The van der Waals surface area contributed by atoms with Crippen LogP contribution in [0, 0.1) is 5.41 Å². The minimum Gasteiger partial charge on any atom is -0.480 e. The van der Waals surface area contributed by atoms with Gasteiger partial charge in [0.05, 0.1) is 0 Å². The fourth-order valence-electron chi connectivity index (χ4n) is 1.89. The second kappa shape index (κ2) is 6.52. The Balaban J connectivity index is 2.90. The van der Waals surface area contributed by atoms with Gasteiger partial charge < -0.3 is 15.2 Å². The lowest BCUT2D eigenvalue weighted by Crippen LogP contribution is -2.50. The minimum absolute atomic E-state index is 0.457. The van der Waals surface area contributed by atoms with E-state index in [4.69, 9.17) is 4.74 Å². The lowest BCUT2D eigenvalue weighted by atomic mass is 9.86. The Bertz CT molecular complexity index is 465. The Morgan fingerprint density at radius 1 is 1.20 bits per heavy atom. The summed E-state index contributed by atoms with van der Waals surface area (Å²) >= 11 is 0. The maximum Gasteiger partial charge on any atom is 0.326 e. The smallest absolute Gasteiger partial charge is 0.326 e. The van der Waals surface area contributed by atoms with Crippen molar-refractivity contribution in [3.8, 4) is 0 Å². The third-order valence-electron chi connectivity index (χ3n) is 2.98. The Kier molecular flexibility index (Phi) is 5.27. The Morgan fingerprint density at radius 2 is 1.75 bits per heavy atom. The molecule has 0 aliphatic rings. The van der Waals surface area contributed by atoms with E-state index in [1.165, 1.54) is 7.11 Å². The first-order valence-electron chi connectivity index (χ1n) is 6.38. The van der Waals surface area contributed by atoms with Gasteiger partial charge >= 0.3 is 5.97 Å². The normalized spacial score (nSPS) is 14.4. The number of carboxylic acid groups (broad SMARTS) is 1. The van der Waals surface area contributed by atoms with E-state index in [2.05, 4.69) is 5.32 Å². The molecule has 1 aromatic rings. The molecule has 20 heavy (non-hydrogen) atoms. The summed E-state index contributed by atoms with van der Waals surface area (Å²) in [6, 6.07) is 7.99. The van der Waals surface area contributed by atoms with Crippen LogP contribution in [0.15, 0.2) is 30.3 Å². The molecule has 0 heterocycles. The van der Waals surface area contributed by atoms with Crippen molar-refractivity contribution in [2.45, 2.75) is 32.9 Å². The molecule has 5 heteroatoms. The number of hydrogen-bond donors (Lipinski definition) is 2. The van der Waals surface area contributed by atoms with Crippen molar-refractivity contribution in [2.75, 3.05) is 7.11 Å². The van der Waals surface area contributed by atoms with E-state index in [1.54, 1.807) is 45.0 Å². The van der Waals surface area contributed by atoms with Gasteiger partial charge in [0, 0.05) is 7.11 Å². The van der Waals surface area contributed by atoms with Crippen molar-refractivity contribution in [1.29, 1.82) is 0 Å². The van der Waals surface area contributed by atoms with Crippen molar-refractivity contribution < 1.29 is 19.4 Å². The van der Waals surface area contributed by atoms with Crippen molar-refractivity contribution in [2.24, 2.45) is 5.41 Å². The lowest BCUT2D eigenvalue weighted by molar-refractivity contribution is -0.147. The SMILES string of the molecule is COC(C(=O)NC(C(=O)O)C(C)(C)C)c1ccccc1. The summed E-state index contributed by atoms with van der Waals surface area (Å²) in [5.74, 6) is -1.52. The second-order valence-corrected chi connectivity index (χ2v) is 5.67. The number of ether oxygens (including phenoxy) is 1. The van der Waals surface area contributed by atoms with Gasteiger partial charge in [0.25, 0.3) is 5.91 Å². The lowest BCUT2D eigenvalue weighted by Gasteiger charge is -2.29. The van der Waals surface area contributed by atoms with E-state index in [-0.39, 0.29) is 0 Å². The molecule has 1 amide bonds. The number of carbonyl (C=O) groups excluding carboxylic acids is 1. The molecule has 0 saturated carbocycles. The van der Waals surface area contributed by atoms with Crippen LogP contribution in [0.2, 0.25) is 0 Å². The van der Waals surface area contributed by atoms with Crippen molar-refractivity contribution in [1.82, 2.24) is 5.32 Å². The fourth-order valence-corrected chi connectivity index (χ4v) is 1.89. The van der Waals surface area contributed by atoms with Crippen LogP contribution in [0.5, 0.6) is 0 Å². The van der Waals surface area contributed by atoms with E-state index in [0.717, 1.165) is 0 Å². The van der Waals surface area contributed by atoms with Gasteiger partial charge in [-0.3, -0.25) is 4.79 Å². The number of nitrogens with one attached hydrogen (secondary N) is 1. The monoisotopic (exact) mass is 279 g/mol. The molecule has 0 saturated heterocycles. The molecule has 2 atom stereocenters. The van der Waals surface area contributed by atoms with E-state index in [1.807, 2.05) is 6.07 Å². The fraction of sp³-hybridized carbons (Fsp3) is 0.467. The average Bonchev–Trinajstić information content (AvgIpc) is 2.36. The number of amides is 1. The van der Waals surface area contributed by atoms with Gasteiger partial charge in [0.2, 0.25) is 0 Å². The zero-order valence-electron chi connectivity index (χ0n) is 12.2. The quantitative estimate of drug-likeness (QED) is 0.864. The highest BCUT2D eigenvalue weighted by Crippen LogP contribution is 2.22. The molecule has 0 aliphatic carbocycles. The van der Waals surface area contributed by atoms with Gasteiger partial charge in [0.1, 0.15) is 6.04 Å². The van der Waals surface area contributed by atoms with Crippen molar-refractivity contribution >= 4 is 11.9 Å². The predicted octanol–water partition coefficient (Wildman–Crippen LogP) is 1.99. The average molecular weight is 279 g/mol. The molecule has 0 aliphatic heterocycles. The maximum absolute atomic E-state index is 12.2. The highest BCUT2D eigenvalue weighted by Gasteiger charge is 2.34. The third kappa shape index (κ3) is 4.06. The summed E-state index contributed by atoms with van der Waals surface area (Å²) in [6.45, 7) is 5.28. The van der Waals surface area contributed by atoms with Gasteiger partial charge in [0.15, 0.2) is 6.10 Å². The van der Waals surface area contributed by atoms with E-state index < -0.39 is 29.4 Å². The summed E-state index contributed by atoms with van der Waals surface area (Å²) in [4.78, 5) is 23.5. The number of carboxylic acids is 1. The Morgan fingerprint density at radius 3 is 2.15 bits per heavy atom. The summed E-state index contributed by atoms with van der Waals surface area (Å²) in [6.07, 6.45) is -0.819. The van der Waals surface area contributed by atoms with Crippen LogP contribution in [0.4, 0.5) is 0 Å². The zero-order chi connectivity index (χ0) is 15.3. The molecule has 5 nitrogen and oxygen atoms in total. The molecule has 1 aromatic carbocycles. The second-order valence-electron chi connectivity index (χ2n) is 5.67. The predicted molar refractivity (Wildman–Crippen MR) is 75.2 cm³/mol. The zero-order valence-corrected chi connectivity index (χ0v) is 12.2.